The van der Waals surface area contributed by atoms with Gasteiger partial charge in [0.2, 0.25) is 0 Å². The molecule has 2 aromatic rings. The average Bonchev–Trinajstić information content (AvgIpc) is 2.46. The molecular formula is C14H18N4O. The van der Waals surface area contributed by atoms with Gasteiger partial charge >= 0.3 is 0 Å². The Morgan fingerprint density at radius 2 is 2.05 bits per heavy atom. The number of hydrogen-bond donors (Lipinski definition) is 2. The van der Waals surface area contributed by atoms with Crippen LogP contribution in [-0.4, -0.2) is 28.5 Å². The van der Waals surface area contributed by atoms with Crippen LogP contribution in [0.2, 0.25) is 0 Å². The molecule has 1 aromatic heterocycles. The van der Waals surface area contributed by atoms with Crippen molar-refractivity contribution in [3.63, 3.8) is 0 Å². The summed E-state index contributed by atoms with van der Waals surface area (Å²) in [6, 6.07) is 5.45. The number of hydrogen-bond acceptors (Lipinski definition) is 4. The van der Waals surface area contributed by atoms with E-state index in [9.17, 15) is 4.79 Å². The molecule has 100 valence electrons. The Labute approximate surface area is 112 Å². The van der Waals surface area contributed by atoms with Gasteiger partial charge < -0.3 is 11.1 Å². The number of carbonyl (C=O) groups excluding carboxylic acids is 1. The molecule has 3 N–H and O–H groups in total. The summed E-state index contributed by atoms with van der Waals surface area (Å²) in [5.41, 5.74) is 7.63. The second kappa shape index (κ2) is 6.24. The number of carbonyl (C=O) groups is 1. The first-order valence-electron chi connectivity index (χ1n) is 6.46. The minimum atomic E-state index is -0.0900. The van der Waals surface area contributed by atoms with Crippen LogP contribution < -0.4 is 11.1 Å². The van der Waals surface area contributed by atoms with Crippen molar-refractivity contribution in [3.05, 3.63) is 36.2 Å². The van der Waals surface area contributed by atoms with Crippen LogP contribution in [0.15, 0.2) is 30.6 Å². The maximum atomic E-state index is 12.1. The van der Waals surface area contributed by atoms with Crippen molar-refractivity contribution in [2.24, 2.45) is 5.73 Å². The number of fused-ring (bicyclic) bond motifs is 1. The molecular weight excluding hydrogens is 240 g/mol. The predicted octanol–water partition coefficient (Wildman–Crippen LogP) is 1.49. The highest BCUT2D eigenvalue weighted by Gasteiger charge is 2.12. The van der Waals surface area contributed by atoms with E-state index in [-0.39, 0.29) is 11.9 Å². The zero-order chi connectivity index (χ0) is 13.7. The topological polar surface area (TPSA) is 80.9 Å². The number of nitrogens with two attached hydrogens (primary N) is 1. The zero-order valence-electron chi connectivity index (χ0n) is 11.0. The smallest absolute Gasteiger partial charge is 0.251 e. The lowest BCUT2D eigenvalue weighted by atomic mass is 10.1. The number of rotatable bonds is 5. The number of aromatic nitrogens is 2. The van der Waals surface area contributed by atoms with E-state index < -0.39 is 0 Å². The van der Waals surface area contributed by atoms with Crippen molar-refractivity contribution < 1.29 is 4.79 Å². The molecule has 2 rings (SSSR count). The van der Waals surface area contributed by atoms with Crippen LogP contribution in [0, 0.1) is 0 Å². The van der Waals surface area contributed by atoms with Gasteiger partial charge in [0.25, 0.3) is 5.91 Å². The molecule has 1 unspecified atom stereocenters. The Kier molecular flexibility index (Phi) is 4.41. The predicted molar refractivity (Wildman–Crippen MR) is 74.8 cm³/mol. The maximum absolute atomic E-state index is 12.1. The minimum absolute atomic E-state index is 0.0900. The van der Waals surface area contributed by atoms with Gasteiger partial charge in [-0.1, -0.05) is 6.92 Å². The molecule has 0 saturated heterocycles. The van der Waals surface area contributed by atoms with Crippen molar-refractivity contribution in [2.75, 3.05) is 6.54 Å². The van der Waals surface area contributed by atoms with E-state index in [0.717, 1.165) is 23.9 Å². The SMILES string of the molecule is CCC(CCN)NC(=O)c1ccc2nccnc2c1. The van der Waals surface area contributed by atoms with Crippen molar-refractivity contribution >= 4 is 16.9 Å². The van der Waals surface area contributed by atoms with Crippen molar-refractivity contribution in [2.45, 2.75) is 25.8 Å². The standard InChI is InChI=1S/C14H18N4O/c1-2-11(5-6-15)18-14(19)10-3-4-12-13(9-10)17-8-7-16-12/h3-4,7-9,11H,2,5-6,15H2,1H3,(H,18,19). The minimum Gasteiger partial charge on any atom is -0.349 e. The van der Waals surface area contributed by atoms with Gasteiger partial charge in [-0.2, -0.15) is 0 Å². The fourth-order valence-electron chi connectivity index (χ4n) is 1.95. The third kappa shape index (κ3) is 3.26. The third-order valence-electron chi connectivity index (χ3n) is 3.07. The summed E-state index contributed by atoms with van der Waals surface area (Å²) in [7, 11) is 0. The maximum Gasteiger partial charge on any atom is 0.251 e. The third-order valence-corrected chi connectivity index (χ3v) is 3.07. The first-order valence-corrected chi connectivity index (χ1v) is 6.46. The molecule has 5 heteroatoms. The largest absolute Gasteiger partial charge is 0.349 e. The van der Waals surface area contributed by atoms with Crippen LogP contribution in [0.5, 0.6) is 0 Å². The normalized spacial score (nSPS) is 12.3. The quantitative estimate of drug-likeness (QED) is 0.851. The van der Waals surface area contributed by atoms with Crippen LogP contribution in [0.3, 0.4) is 0 Å². The fourth-order valence-corrected chi connectivity index (χ4v) is 1.95. The Balaban J connectivity index is 2.16. The Hall–Kier alpha value is -2.01. The summed E-state index contributed by atoms with van der Waals surface area (Å²) in [5.74, 6) is -0.0900. The summed E-state index contributed by atoms with van der Waals surface area (Å²) in [6.07, 6.45) is 4.91. The lowest BCUT2D eigenvalue weighted by Crippen LogP contribution is -2.35. The van der Waals surface area contributed by atoms with Crippen molar-refractivity contribution in [3.8, 4) is 0 Å². The molecule has 19 heavy (non-hydrogen) atoms. The molecule has 0 aliphatic carbocycles. The van der Waals surface area contributed by atoms with Crippen molar-refractivity contribution in [1.82, 2.24) is 15.3 Å². The molecule has 1 atom stereocenters. The summed E-state index contributed by atoms with van der Waals surface area (Å²) >= 11 is 0. The molecule has 5 nitrogen and oxygen atoms in total. The summed E-state index contributed by atoms with van der Waals surface area (Å²) in [6.45, 7) is 2.61. The van der Waals surface area contributed by atoms with E-state index in [1.54, 1.807) is 30.6 Å². The number of nitrogens with zero attached hydrogens (tertiary/aromatic N) is 2. The van der Waals surface area contributed by atoms with Gasteiger partial charge in [-0.05, 0) is 37.6 Å². The molecule has 0 bridgehead atoms. The Morgan fingerprint density at radius 1 is 1.32 bits per heavy atom. The van der Waals surface area contributed by atoms with Crippen LogP contribution >= 0.6 is 0 Å². The van der Waals surface area contributed by atoms with E-state index in [1.165, 1.54) is 0 Å². The lowest BCUT2D eigenvalue weighted by Gasteiger charge is -2.16. The van der Waals surface area contributed by atoms with Crippen molar-refractivity contribution in [1.29, 1.82) is 0 Å². The molecule has 1 aromatic carbocycles. The number of amides is 1. The Bertz CT molecular complexity index is 570. The molecule has 0 spiro atoms. The second-order valence-corrected chi connectivity index (χ2v) is 4.42. The highest BCUT2D eigenvalue weighted by Crippen LogP contribution is 2.11. The molecule has 0 aliphatic heterocycles. The van der Waals surface area contributed by atoms with E-state index in [0.29, 0.717) is 12.1 Å². The van der Waals surface area contributed by atoms with Gasteiger partial charge in [0.15, 0.2) is 0 Å². The van der Waals surface area contributed by atoms with E-state index in [2.05, 4.69) is 15.3 Å². The van der Waals surface area contributed by atoms with Gasteiger partial charge in [0.05, 0.1) is 11.0 Å². The van der Waals surface area contributed by atoms with Gasteiger partial charge in [-0.25, -0.2) is 0 Å². The molecule has 1 heterocycles. The van der Waals surface area contributed by atoms with Crippen LogP contribution in [0.4, 0.5) is 0 Å². The summed E-state index contributed by atoms with van der Waals surface area (Å²) in [5, 5.41) is 2.98. The van der Waals surface area contributed by atoms with E-state index in [1.807, 2.05) is 6.92 Å². The van der Waals surface area contributed by atoms with Gasteiger partial charge in [0, 0.05) is 24.0 Å². The zero-order valence-corrected chi connectivity index (χ0v) is 11.0. The first-order chi connectivity index (χ1) is 9.24. The molecule has 0 saturated carbocycles. The molecule has 0 fully saturated rings. The number of benzene rings is 1. The molecule has 1 amide bonds. The highest BCUT2D eigenvalue weighted by molar-refractivity contribution is 5.97. The van der Waals surface area contributed by atoms with Crippen LogP contribution in [0.1, 0.15) is 30.1 Å². The first kappa shape index (κ1) is 13.4. The fraction of sp³-hybridized carbons (Fsp3) is 0.357. The van der Waals surface area contributed by atoms with E-state index in [4.69, 9.17) is 5.73 Å². The molecule has 0 radical (unpaired) electrons. The highest BCUT2D eigenvalue weighted by atomic mass is 16.1. The Morgan fingerprint density at radius 3 is 2.74 bits per heavy atom. The van der Waals surface area contributed by atoms with Crippen LogP contribution in [0.25, 0.3) is 11.0 Å². The van der Waals surface area contributed by atoms with Crippen LogP contribution in [-0.2, 0) is 0 Å². The van der Waals surface area contributed by atoms with Gasteiger partial charge in [-0.15, -0.1) is 0 Å². The van der Waals surface area contributed by atoms with Gasteiger partial charge in [-0.3, -0.25) is 14.8 Å². The lowest BCUT2D eigenvalue weighted by molar-refractivity contribution is 0.0934. The molecule has 0 aliphatic rings. The average molecular weight is 258 g/mol. The van der Waals surface area contributed by atoms with E-state index >= 15 is 0 Å². The summed E-state index contributed by atoms with van der Waals surface area (Å²) in [4.78, 5) is 20.5. The number of nitrogens with one attached hydrogen (secondary N) is 1. The van der Waals surface area contributed by atoms with Gasteiger partial charge in [0.1, 0.15) is 0 Å². The summed E-state index contributed by atoms with van der Waals surface area (Å²) < 4.78 is 0. The monoisotopic (exact) mass is 258 g/mol. The second-order valence-electron chi connectivity index (χ2n) is 4.42.